The molecule has 1 amide bonds. The molecule has 6 heteroatoms. The van der Waals surface area contributed by atoms with Gasteiger partial charge < -0.3 is 15.8 Å². The quantitative estimate of drug-likeness (QED) is 0.355. The minimum absolute atomic E-state index is 0.0648. The Morgan fingerprint density at radius 2 is 2.05 bits per heavy atom. The number of benzene rings is 1. The molecule has 104 valence electrons. The van der Waals surface area contributed by atoms with Gasteiger partial charge in [0.1, 0.15) is 0 Å². The Morgan fingerprint density at radius 3 is 2.58 bits per heavy atom. The molecule has 19 heavy (non-hydrogen) atoms. The van der Waals surface area contributed by atoms with E-state index in [-0.39, 0.29) is 11.7 Å². The number of thioether (sulfide) groups is 1. The number of carbonyl (C=O) groups is 1. The third-order valence-electron chi connectivity index (χ3n) is 2.77. The number of hydrogen-bond donors (Lipinski definition) is 2. The lowest BCUT2D eigenvalue weighted by Gasteiger charge is -2.16. The summed E-state index contributed by atoms with van der Waals surface area (Å²) in [7, 11) is 1.81. The van der Waals surface area contributed by atoms with E-state index in [1.54, 1.807) is 28.8 Å². The number of carbonyl (C=O) groups excluding carboxylic acids is 1. The van der Waals surface area contributed by atoms with Crippen LogP contribution in [0.2, 0.25) is 0 Å². The predicted octanol–water partition coefficient (Wildman–Crippen LogP) is 1.14. The average Bonchev–Trinajstić information content (AvgIpc) is 2.44. The summed E-state index contributed by atoms with van der Waals surface area (Å²) in [6, 6.07) is 7.10. The fraction of sp³-hybridized carbons (Fsp3) is 0.385. The standard InChI is InChI=1S/C13H19N3O2S/c1-16(7-8-19-2)12(17)9-10-3-5-11(6-4-10)13(14)15-18/h3-6,18H,7-9H2,1-2H3,(H2,14,15). The Balaban J connectivity index is 2.60. The van der Waals surface area contributed by atoms with E-state index in [9.17, 15) is 4.79 Å². The Morgan fingerprint density at radius 1 is 1.42 bits per heavy atom. The second kappa shape index (κ2) is 7.68. The molecule has 5 nitrogen and oxygen atoms in total. The van der Waals surface area contributed by atoms with Gasteiger partial charge in [0.15, 0.2) is 5.84 Å². The minimum atomic E-state index is 0.0648. The van der Waals surface area contributed by atoms with Crippen LogP contribution in [0.1, 0.15) is 11.1 Å². The molecule has 0 bridgehead atoms. The fourth-order valence-electron chi connectivity index (χ4n) is 1.51. The first-order chi connectivity index (χ1) is 9.08. The van der Waals surface area contributed by atoms with Crippen LogP contribution in [0.4, 0.5) is 0 Å². The predicted molar refractivity (Wildman–Crippen MR) is 78.7 cm³/mol. The van der Waals surface area contributed by atoms with E-state index in [4.69, 9.17) is 10.9 Å². The molecular formula is C13H19N3O2S. The monoisotopic (exact) mass is 281 g/mol. The fourth-order valence-corrected chi connectivity index (χ4v) is 1.97. The highest BCUT2D eigenvalue weighted by atomic mass is 32.2. The Labute approximate surface area is 117 Å². The first-order valence-corrected chi connectivity index (χ1v) is 7.27. The number of hydrogen-bond acceptors (Lipinski definition) is 4. The highest BCUT2D eigenvalue weighted by molar-refractivity contribution is 7.98. The maximum absolute atomic E-state index is 11.9. The van der Waals surface area contributed by atoms with Gasteiger partial charge in [-0.3, -0.25) is 4.79 Å². The number of likely N-dealkylation sites (N-methyl/N-ethyl adjacent to an activating group) is 1. The van der Waals surface area contributed by atoms with Crippen molar-refractivity contribution in [1.29, 1.82) is 0 Å². The SMILES string of the molecule is CSCCN(C)C(=O)Cc1ccc(/C(N)=N/O)cc1. The molecule has 0 heterocycles. The van der Waals surface area contributed by atoms with Crippen molar-refractivity contribution in [3.8, 4) is 0 Å². The van der Waals surface area contributed by atoms with Gasteiger partial charge in [0.05, 0.1) is 6.42 Å². The van der Waals surface area contributed by atoms with Crippen LogP contribution in [0.5, 0.6) is 0 Å². The maximum atomic E-state index is 11.9. The van der Waals surface area contributed by atoms with Crippen LogP contribution < -0.4 is 5.73 Å². The van der Waals surface area contributed by atoms with Crippen molar-refractivity contribution in [3.63, 3.8) is 0 Å². The number of nitrogens with two attached hydrogens (primary N) is 1. The molecule has 0 aliphatic heterocycles. The van der Waals surface area contributed by atoms with Crippen molar-refractivity contribution in [1.82, 2.24) is 4.90 Å². The van der Waals surface area contributed by atoms with Gasteiger partial charge in [-0.05, 0) is 11.8 Å². The molecule has 0 saturated carbocycles. The van der Waals surface area contributed by atoms with Crippen LogP contribution >= 0.6 is 11.8 Å². The van der Waals surface area contributed by atoms with Gasteiger partial charge in [-0.1, -0.05) is 29.4 Å². The molecule has 3 N–H and O–H groups in total. The van der Waals surface area contributed by atoms with Crippen LogP contribution in [0, 0.1) is 0 Å². The van der Waals surface area contributed by atoms with Gasteiger partial charge in [-0.2, -0.15) is 11.8 Å². The van der Waals surface area contributed by atoms with E-state index in [0.717, 1.165) is 17.9 Å². The number of rotatable bonds is 6. The third kappa shape index (κ3) is 4.82. The van der Waals surface area contributed by atoms with Gasteiger partial charge in [0, 0.05) is 24.9 Å². The van der Waals surface area contributed by atoms with Crippen molar-refractivity contribution in [2.45, 2.75) is 6.42 Å². The van der Waals surface area contributed by atoms with Crippen LogP contribution in [0.15, 0.2) is 29.4 Å². The Kier molecular flexibility index (Phi) is 6.21. The summed E-state index contributed by atoms with van der Waals surface area (Å²) in [5.41, 5.74) is 7.02. The lowest BCUT2D eigenvalue weighted by molar-refractivity contribution is -0.128. The summed E-state index contributed by atoms with van der Waals surface area (Å²) >= 11 is 1.72. The van der Waals surface area contributed by atoms with Crippen molar-refractivity contribution >= 4 is 23.5 Å². The van der Waals surface area contributed by atoms with Crippen LogP contribution in [0.25, 0.3) is 0 Å². The van der Waals surface area contributed by atoms with Crippen LogP contribution in [-0.2, 0) is 11.2 Å². The van der Waals surface area contributed by atoms with Crippen molar-refractivity contribution in [2.24, 2.45) is 10.9 Å². The zero-order chi connectivity index (χ0) is 14.3. The topological polar surface area (TPSA) is 78.9 Å². The summed E-state index contributed by atoms with van der Waals surface area (Å²) in [5.74, 6) is 1.09. The molecule has 1 aromatic rings. The maximum Gasteiger partial charge on any atom is 0.226 e. The van der Waals surface area contributed by atoms with Gasteiger partial charge in [0.25, 0.3) is 0 Å². The lowest BCUT2D eigenvalue weighted by atomic mass is 10.1. The molecular weight excluding hydrogens is 262 g/mol. The normalized spacial score (nSPS) is 11.4. The van der Waals surface area contributed by atoms with Crippen LogP contribution in [0.3, 0.4) is 0 Å². The van der Waals surface area contributed by atoms with E-state index in [0.29, 0.717) is 12.0 Å². The zero-order valence-electron chi connectivity index (χ0n) is 11.2. The number of amidine groups is 1. The molecule has 0 unspecified atom stereocenters. The third-order valence-corrected chi connectivity index (χ3v) is 3.36. The first kappa shape index (κ1) is 15.4. The number of amides is 1. The van der Waals surface area contributed by atoms with E-state index in [1.807, 2.05) is 25.4 Å². The lowest BCUT2D eigenvalue weighted by Crippen LogP contribution is -2.30. The summed E-state index contributed by atoms with van der Waals surface area (Å²) in [4.78, 5) is 13.7. The molecule has 0 atom stereocenters. The molecule has 1 rings (SSSR count). The molecule has 0 saturated heterocycles. The van der Waals surface area contributed by atoms with Gasteiger partial charge >= 0.3 is 0 Å². The number of oxime groups is 1. The summed E-state index contributed by atoms with van der Waals surface area (Å²) < 4.78 is 0. The van der Waals surface area contributed by atoms with Gasteiger partial charge in [-0.15, -0.1) is 0 Å². The van der Waals surface area contributed by atoms with Gasteiger partial charge in [-0.25, -0.2) is 0 Å². The molecule has 0 aromatic heterocycles. The van der Waals surface area contributed by atoms with Crippen LogP contribution in [-0.4, -0.2) is 47.5 Å². The highest BCUT2D eigenvalue weighted by Crippen LogP contribution is 2.07. The molecule has 0 fully saturated rings. The molecule has 0 aliphatic rings. The summed E-state index contributed by atoms with van der Waals surface area (Å²) in [6.07, 6.45) is 2.38. The Bertz CT molecular complexity index is 446. The first-order valence-electron chi connectivity index (χ1n) is 5.88. The second-order valence-corrected chi connectivity index (χ2v) is 5.15. The van der Waals surface area contributed by atoms with Crippen molar-refractivity contribution in [3.05, 3.63) is 35.4 Å². The molecule has 0 radical (unpaired) electrons. The number of nitrogens with zero attached hydrogens (tertiary/aromatic N) is 2. The summed E-state index contributed by atoms with van der Waals surface area (Å²) in [6.45, 7) is 0.752. The summed E-state index contributed by atoms with van der Waals surface area (Å²) in [5, 5.41) is 11.5. The average molecular weight is 281 g/mol. The zero-order valence-corrected chi connectivity index (χ0v) is 12.0. The van der Waals surface area contributed by atoms with Crippen molar-refractivity contribution in [2.75, 3.05) is 25.6 Å². The minimum Gasteiger partial charge on any atom is -0.409 e. The highest BCUT2D eigenvalue weighted by Gasteiger charge is 2.09. The molecule has 0 aliphatic carbocycles. The molecule has 0 spiro atoms. The second-order valence-electron chi connectivity index (χ2n) is 4.17. The van der Waals surface area contributed by atoms with E-state index in [1.165, 1.54) is 0 Å². The van der Waals surface area contributed by atoms with E-state index < -0.39 is 0 Å². The van der Waals surface area contributed by atoms with E-state index in [2.05, 4.69) is 5.16 Å². The molecule has 1 aromatic carbocycles. The van der Waals surface area contributed by atoms with E-state index >= 15 is 0 Å². The van der Waals surface area contributed by atoms with Gasteiger partial charge in [0.2, 0.25) is 5.91 Å². The van der Waals surface area contributed by atoms with Crippen molar-refractivity contribution < 1.29 is 10.0 Å². The Hall–Kier alpha value is -1.69. The largest absolute Gasteiger partial charge is 0.409 e. The smallest absolute Gasteiger partial charge is 0.226 e.